The first-order valence-corrected chi connectivity index (χ1v) is 13.5. The van der Waals surface area contributed by atoms with Crippen molar-refractivity contribution in [1.29, 1.82) is 0 Å². The van der Waals surface area contributed by atoms with Crippen LogP contribution in [0.25, 0.3) is 6.08 Å². The summed E-state index contributed by atoms with van der Waals surface area (Å²) in [4.78, 5) is 22.4. The zero-order valence-electron chi connectivity index (χ0n) is 19.7. The number of carbonyl (C=O) groups is 1. The van der Waals surface area contributed by atoms with Crippen LogP contribution in [0.1, 0.15) is 56.1 Å². The van der Waals surface area contributed by atoms with Crippen molar-refractivity contribution in [2.45, 2.75) is 63.1 Å². The van der Waals surface area contributed by atoms with E-state index in [0.717, 1.165) is 62.4 Å². The van der Waals surface area contributed by atoms with Gasteiger partial charge in [0.1, 0.15) is 11.4 Å². The number of halogens is 1. The number of hydrogen-bond acceptors (Lipinski definition) is 3. The van der Waals surface area contributed by atoms with Crippen LogP contribution in [0, 0.1) is 3.57 Å². The molecule has 1 saturated carbocycles. The Morgan fingerprint density at radius 2 is 1.71 bits per heavy atom. The maximum atomic E-state index is 13.3. The van der Waals surface area contributed by atoms with Crippen LogP contribution in [0.3, 0.4) is 0 Å². The topological polar surface area (TPSA) is 47.9 Å². The predicted octanol–water partition coefficient (Wildman–Crippen LogP) is 6.23. The van der Waals surface area contributed by atoms with Crippen molar-refractivity contribution in [3.05, 3.63) is 69.8 Å². The number of aliphatic imine (C=N–C) groups is 1. The molecule has 0 unspecified atom stereocenters. The molecule has 2 heterocycles. The van der Waals surface area contributed by atoms with Crippen LogP contribution in [-0.2, 0) is 6.54 Å². The maximum Gasteiger partial charge on any atom is 0.350 e. The summed E-state index contributed by atoms with van der Waals surface area (Å²) in [6, 6.07) is 17.2. The quantitative estimate of drug-likeness (QED) is 0.436. The normalized spacial score (nSPS) is 21.0. The van der Waals surface area contributed by atoms with Crippen molar-refractivity contribution >= 4 is 46.2 Å². The first-order valence-electron chi connectivity index (χ1n) is 12.5. The monoisotopic (exact) mass is 568 g/mol. The summed E-state index contributed by atoms with van der Waals surface area (Å²) in [7, 11) is 0. The molecule has 0 aromatic heterocycles. The van der Waals surface area contributed by atoms with Crippen molar-refractivity contribution in [1.82, 2.24) is 10.2 Å². The zero-order chi connectivity index (χ0) is 23.5. The second-order valence-electron chi connectivity index (χ2n) is 9.79. The van der Waals surface area contributed by atoms with Crippen LogP contribution < -0.4 is 10.2 Å². The van der Waals surface area contributed by atoms with E-state index in [1.807, 2.05) is 35.2 Å². The molecule has 5 rings (SSSR count). The van der Waals surface area contributed by atoms with Gasteiger partial charge in [-0.3, -0.25) is 9.80 Å². The molecule has 34 heavy (non-hydrogen) atoms. The molecule has 1 aliphatic carbocycles. The third kappa shape index (κ3) is 4.80. The highest BCUT2D eigenvalue weighted by molar-refractivity contribution is 14.1. The zero-order valence-corrected chi connectivity index (χ0v) is 21.8. The summed E-state index contributed by atoms with van der Waals surface area (Å²) in [6.45, 7) is 6.68. The van der Waals surface area contributed by atoms with Crippen LogP contribution in [0.2, 0.25) is 0 Å². The smallest absolute Gasteiger partial charge is 0.350 e. The number of rotatable bonds is 5. The Morgan fingerprint density at radius 3 is 2.35 bits per heavy atom. The molecular formula is C28H33IN4O. The van der Waals surface area contributed by atoms with Gasteiger partial charge >= 0.3 is 6.03 Å². The standard InChI is InChI=1S/C28H33IN4O/c1-2-21-10-14-25(15-11-21)33-27(34)31-26(30-24-6-4-3-5-7-24)28(33)16-18-32(19-17-28)20-22-8-12-23(29)13-9-22/h2,8-15,24H,1,3-7,16-20H2,(H,30,31,34). The highest BCUT2D eigenvalue weighted by Crippen LogP contribution is 2.39. The number of amides is 2. The molecule has 2 aliphatic heterocycles. The minimum atomic E-state index is -0.396. The van der Waals surface area contributed by atoms with E-state index in [1.165, 1.54) is 28.4 Å². The van der Waals surface area contributed by atoms with Gasteiger partial charge in [0.2, 0.25) is 0 Å². The SMILES string of the molecule is C=Cc1ccc(N2C(=O)N=C(NC3CCCCC3)C23CCN(Cc2ccc(I)cc2)CC3)cc1. The van der Waals surface area contributed by atoms with E-state index in [-0.39, 0.29) is 6.03 Å². The molecule has 0 radical (unpaired) electrons. The van der Waals surface area contributed by atoms with Crippen molar-refractivity contribution in [3.8, 4) is 0 Å². The molecular weight excluding hydrogens is 535 g/mol. The third-order valence-corrected chi connectivity index (χ3v) is 8.32. The van der Waals surface area contributed by atoms with Gasteiger partial charge in [0.15, 0.2) is 0 Å². The fourth-order valence-corrected chi connectivity index (χ4v) is 6.01. The van der Waals surface area contributed by atoms with Gasteiger partial charge in [0, 0.05) is 34.9 Å². The molecule has 0 bridgehead atoms. The Morgan fingerprint density at radius 1 is 1.03 bits per heavy atom. The minimum Gasteiger partial charge on any atom is -0.369 e. The molecule has 2 aromatic carbocycles. The molecule has 1 N–H and O–H groups in total. The number of nitrogens with one attached hydrogen (secondary N) is 1. The molecule has 2 amide bonds. The van der Waals surface area contributed by atoms with Crippen LogP contribution in [0.4, 0.5) is 10.5 Å². The van der Waals surface area contributed by atoms with E-state index in [2.05, 4.69) is 68.6 Å². The molecule has 6 heteroatoms. The first-order chi connectivity index (χ1) is 16.6. The average Bonchev–Trinajstić information content (AvgIpc) is 3.13. The number of anilines is 1. The number of likely N-dealkylation sites (tertiary alicyclic amines) is 1. The summed E-state index contributed by atoms with van der Waals surface area (Å²) >= 11 is 2.35. The van der Waals surface area contributed by atoms with Gasteiger partial charge in [-0.25, -0.2) is 4.79 Å². The lowest BCUT2D eigenvalue weighted by molar-refractivity contribution is 0.181. The van der Waals surface area contributed by atoms with Crippen molar-refractivity contribution < 1.29 is 4.79 Å². The van der Waals surface area contributed by atoms with Crippen molar-refractivity contribution in [3.63, 3.8) is 0 Å². The van der Waals surface area contributed by atoms with Gasteiger partial charge in [-0.1, -0.05) is 56.2 Å². The van der Waals surface area contributed by atoms with Crippen LogP contribution in [-0.4, -0.2) is 41.4 Å². The summed E-state index contributed by atoms with van der Waals surface area (Å²) in [5, 5.41) is 3.75. The lowest BCUT2D eigenvalue weighted by Gasteiger charge is -2.45. The second-order valence-corrected chi connectivity index (χ2v) is 11.0. The van der Waals surface area contributed by atoms with E-state index < -0.39 is 5.54 Å². The predicted molar refractivity (Wildman–Crippen MR) is 148 cm³/mol. The van der Waals surface area contributed by atoms with E-state index in [9.17, 15) is 4.79 Å². The molecule has 5 nitrogen and oxygen atoms in total. The lowest BCUT2D eigenvalue weighted by Crippen LogP contribution is -2.62. The summed E-state index contributed by atoms with van der Waals surface area (Å²) in [5.41, 5.74) is 2.92. The fourth-order valence-electron chi connectivity index (χ4n) is 5.65. The molecule has 2 aromatic rings. The van der Waals surface area contributed by atoms with Crippen molar-refractivity contribution in [2.75, 3.05) is 18.0 Å². The molecule has 178 valence electrons. The van der Waals surface area contributed by atoms with Gasteiger partial charge in [-0.05, 0) is 83.7 Å². The van der Waals surface area contributed by atoms with E-state index in [0.29, 0.717) is 6.04 Å². The fraction of sp³-hybridized carbons (Fsp3) is 0.429. The number of piperidine rings is 1. The molecule has 1 saturated heterocycles. The van der Waals surface area contributed by atoms with Crippen LogP contribution in [0.5, 0.6) is 0 Å². The Bertz CT molecular complexity index is 1050. The summed E-state index contributed by atoms with van der Waals surface area (Å²) in [5.74, 6) is 0.895. The van der Waals surface area contributed by atoms with Gasteiger partial charge in [-0.2, -0.15) is 4.99 Å². The van der Waals surface area contributed by atoms with Gasteiger partial charge in [-0.15, -0.1) is 0 Å². The minimum absolute atomic E-state index is 0.143. The van der Waals surface area contributed by atoms with Crippen LogP contribution >= 0.6 is 22.6 Å². The Kier molecular flexibility index (Phi) is 7.06. The highest BCUT2D eigenvalue weighted by atomic mass is 127. The Labute approximate surface area is 216 Å². The Balaban J connectivity index is 1.39. The number of hydrogen-bond donors (Lipinski definition) is 1. The molecule has 1 spiro atoms. The van der Waals surface area contributed by atoms with Gasteiger partial charge in [0.25, 0.3) is 0 Å². The van der Waals surface area contributed by atoms with E-state index in [1.54, 1.807) is 0 Å². The Hall–Kier alpha value is -2.19. The van der Waals surface area contributed by atoms with Gasteiger partial charge < -0.3 is 5.32 Å². The first kappa shape index (κ1) is 23.5. The molecule has 0 atom stereocenters. The maximum absolute atomic E-state index is 13.3. The van der Waals surface area contributed by atoms with Crippen LogP contribution in [0.15, 0.2) is 60.1 Å². The van der Waals surface area contributed by atoms with E-state index >= 15 is 0 Å². The largest absolute Gasteiger partial charge is 0.369 e. The number of amidine groups is 1. The number of carbonyl (C=O) groups excluding carboxylic acids is 1. The number of benzene rings is 2. The number of nitrogens with zero attached hydrogens (tertiary/aromatic N) is 3. The van der Waals surface area contributed by atoms with Gasteiger partial charge in [0.05, 0.1) is 0 Å². The van der Waals surface area contributed by atoms with Crippen molar-refractivity contribution in [2.24, 2.45) is 4.99 Å². The highest BCUT2D eigenvalue weighted by Gasteiger charge is 2.52. The molecule has 2 fully saturated rings. The summed E-state index contributed by atoms with van der Waals surface area (Å²) in [6.07, 6.45) is 9.73. The summed E-state index contributed by atoms with van der Waals surface area (Å²) < 4.78 is 1.26. The lowest BCUT2D eigenvalue weighted by atomic mass is 9.83. The molecule has 3 aliphatic rings. The third-order valence-electron chi connectivity index (χ3n) is 7.60. The number of urea groups is 1. The average molecular weight is 569 g/mol. The second kappa shape index (κ2) is 10.2. The van der Waals surface area contributed by atoms with E-state index in [4.69, 9.17) is 0 Å².